The first-order chi connectivity index (χ1) is 9.92. The van der Waals surface area contributed by atoms with E-state index >= 15 is 0 Å². The Balaban J connectivity index is 2.61. The number of amides is 1. The molecule has 120 valence electrons. The van der Waals surface area contributed by atoms with E-state index in [4.69, 9.17) is 10.3 Å². The summed E-state index contributed by atoms with van der Waals surface area (Å²) in [6.07, 6.45) is 2.32. The van der Waals surface area contributed by atoms with E-state index in [1.165, 1.54) is 0 Å². The Morgan fingerprint density at radius 1 is 1.19 bits per heavy atom. The van der Waals surface area contributed by atoms with Crippen LogP contribution < -0.4 is 11.3 Å². The van der Waals surface area contributed by atoms with Crippen molar-refractivity contribution >= 4 is 5.91 Å². The first kappa shape index (κ1) is 17.7. The lowest BCUT2D eigenvalue weighted by molar-refractivity contribution is 0.0921. The second-order valence-corrected chi connectivity index (χ2v) is 6.38. The summed E-state index contributed by atoms with van der Waals surface area (Å²) in [6.45, 7) is 11.8. The normalized spacial score (nSPS) is 11.6. The highest BCUT2D eigenvalue weighted by Crippen LogP contribution is 2.14. The molecule has 0 unspecified atom stereocenters. The second kappa shape index (κ2) is 8.85. The minimum absolute atomic E-state index is 0.264. The summed E-state index contributed by atoms with van der Waals surface area (Å²) in [5, 5.41) is 0. The molecule has 21 heavy (non-hydrogen) atoms. The lowest BCUT2D eigenvalue weighted by Crippen LogP contribution is -2.29. The van der Waals surface area contributed by atoms with Crippen LogP contribution in [0.2, 0.25) is 0 Å². The highest BCUT2D eigenvalue weighted by molar-refractivity contribution is 5.90. The number of nitrogens with one attached hydrogen (secondary N) is 1. The van der Waals surface area contributed by atoms with Crippen LogP contribution >= 0.6 is 0 Å². The third-order valence-electron chi connectivity index (χ3n) is 3.44. The summed E-state index contributed by atoms with van der Waals surface area (Å²) in [5.41, 5.74) is 2.08. The Bertz CT molecular complexity index is 415. The Morgan fingerprint density at radius 3 is 2.24 bits per heavy atom. The maximum atomic E-state index is 11.4. The van der Waals surface area contributed by atoms with Gasteiger partial charge < -0.3 is 4.42 Å². The largest absolute Gasteiger partial charge is 0.455 e. The fourth-order valence-electron chi connectivity index (χ4n) is 2.03. The molecule has 1 aromatic rings. The van der Waals surface area contributed by atoms with Crippen LogP contribution in [0.3, 0.4) is 0 Å². The van der Waals surface area contributed by atoms with Gasteiger partial charge in [0, 0.05) is 0 Å². The highest BCUT2D eigenvalue weighted by atomic mass is 16.4. The number of hydrogen-bond acceptors (Lipinski definition) is 4. The molecular formula is C16H29N3O2. The molecule has 5 nitrogen and oxygen atoms in total. The molecule has 0 bridgehead atoms. The molecular weight excluding hydrogens is 266 g/mol. The van der Waals surface area contributed by atoms with E-state index < -0.39 is 5.91 Å². The zero-order valence-corrected chi connectivity index (χ0v) is 13.7. The number of nitrogen functional groups attached to an aromatic ring is 1. The Morgan fingerprint density at radius 2 is 1.76 bits per heavy atom. The first-order valence-electron chi connectivity index (χ1n) is 7.74. The topological polar surface area (TPSA) is 71.5 Å². The molecule has 5 heteroatoms. The van der Waals surface area contributed by atoms with E-state index in [-0.39, 0.29) is 5.76 Å². The fourth-order valence-corrected chi connectivity index (χ4v) is 2.03. The van der Waals surface area contributed by atoms with Gasteiger partial charge in [-0.25, -0.2) is 5.84 Å². The predicted octanol–water partition coefficient (Wildman–Crippen LogP) is 2.78. The molecule has 0 spiro atoms. The Labute approximate surface area is 127 Å². The summed E-state index contributed by atoms with van der Waals surface area (Å²) in [5.74, 6) is 7.15. The van der Waals surface area contributed by atoms with Crippen molar-refractivity contribution in [3.8, 4) is 0 Å². The molecule has 0 saturated carbocycles. The summed E-state index contributed by atoms with van der Waals surface area (Å²) < 4.78 is 5.55. The van der Waals surface area contributed by atoms with E-state index in [2.05, 4.69) is 38.0 Å². The van der Waals surface area contributed by atoms with Crippen molar-refractivity contribution < 1.29 is 9.21 Å². The monoisotopic (exact) mass is 295 g/mol. The summed E-state index contributed by atoms with van der Waals surface area (Å²) in [4.78, 5) is 13.8. The number of hydrogen-bond donors (Lipinski definition) is 2. The number of carbonyl (C=O) groups excluding carboxylic acids is 1. The smallest absolute Gasteiger partial charge is 0.300 e. The van der Waals surface area contributed by atoms with Crippen LogP contribution in [0.5, 0.6) is 0 Å². The quantitative estimate of drug-likeness (QED) is 0.417. The molecule has 0 aromatic carbocycles. The Hall–Kier alpha value is -1.33. The van der Waals surface area contributed by atoms with Crippen LogP contribution in [0.25, 0.3) is 0 Å². The van der Waals surface area contributed by atoms with Gasteiger partial charge in [0.2, 0.25) is 0 Å². The second-order valence-electron chi connectivity index (χ2n) is 6.38. The molecule has 1 aromatic heterocycles. The third-order valence-corrected chi connectivity index (χ3v) is 3.44. The number of hydrazine groups is 1. The van der Waals surface area contributed by atoms with Crippen molar-refractivity contribution in [1.82, 2.24) is 10.3 Å². The van der Waals surface area contributed by atoms with Crippen LogP contribution in [-0.2, 0) is 6.54 Å². The first-order valence-corrected chi connectivity index (χ1v) is 7.74. The molecule has 0 atom stereocenters. The van der Waals surface area contributed by atoms with Gasteiger partial charge in [0.25, 0.3) is 0 Å². The van der Waals surface area contributed by atoms with Gasteiger partial charge in [-0.05, 0) is 49.9 Å². The SMILES string of the molecule is CC(C)CCN(CCC(C)C)Cc1ccc(C(=O)NN)o1. The zero-order chi connectivity index (χ0) is 15.8. The number of furan rings is 1. The molecule has 0 radical (unpaired) electrons. The molecule has 0 aliphatic carbocycles. The van der Waals surface area contributed by atoms with Gasteiger partial charge in [-0.2, -0.15) is 0 Å². The molecule has 0 fully saturated rings. The van der Waals surface area contributed by atoms with Crippen molar-refractivity contribution in [1.29, 1.82) is 0 Å². The van der Waals surface area contributed by atoms with Gasteiger partial charge in [-0.3, -0.25) is 15.1 Å². The Kier molecular flexibility index (Phi) is 7.47. The van der Waals surface area contributed by atoms with E-state index in [0.717, 1.165) is 38.2 Å². The van der Waals surface area contributed by atoms with Crippen LogP contribution in [-0.4, -0.2) is 23.9 Å². The standard InChI is InChI=1S/C16H29N3O2/c1-12(2)7-9-19(10-8-13(3)4)11-14-5-6-15(21-14)16(20)18-17/h5-6,12-13H,7-11,17H2,1-4H3,(H,18,20). The van der Waals surface area contributed by atoms with Gasteiger partial charge in [-0.15, -0.1) is 0 Å². The zero-order valence-electron chi connectivity index (χ0n) is 13.7. The maximum absolute atomic E-state index is 11.4. The minimum atomic E-state index is -0.392. The van der Waals surface area contributed by atoms with Gasteiger partial charge in [-0.1, -0.05) is 27.7 Å². The lowest BCUT2D eigenvalue weighted by Gasteiger charge is -2.23. The van der Waals surface area contributed by atoms with Crippen molar-refractivity contribution in [2.75, 3.05) is 13.1 Å². The average Bonchev–Trinajstić information content (AvgIpc) is 2.89. The van der Waals surface area contributed by atoms with Gasteiger partial charge in [0.05, 0.1) is 6.54 Å². The molecule has 1 heterocycles. The van der Waals surface area contributed by atoms with Gasteiger partial charge >= 0.3 is 5.91 Å². The van der Waals surface area contributed by atoms with Crippen molar-refractivity contribution in [3.05, 3.63) is 23.7 Å². The number of nitrogens with two attached hydrogens (primary N) is 1. The summed E-state index contributed by atoms with van der Waals surface area (Å²) >= 11 is 0. The third kappa shape index (κ3) is 6.78. The van der Waals surface area contributed by atoms with Crippen molar-refractivity contribution in [2.45, 2.75) is 47.1 Å². The van der Waals surface area contributed by atoms with Crippen LogP contribution in [0.1, 0.15) is 56.9 Å². The number of rotatable bonds is 9. The van der Waals surface area contributed by atoms with Crippen molar-refractivity contribution in [2.24, 2.45) is 17.7 Å². The molecule has 0 saturated heterocycles. The van der Waals surface area contributed by atoms with Crippen LogP contribution in [0.4, 0.5) is 0 Å². The number of carbonyl (C=O) groups is 1. The molecule has 0 aliphatic rings. The molecule has 0 aliphatic heterocycles. The van der Waals surface area contributed by atoms with E-state index in [0.29, 0.717) is 11.8 Å². The average molecular weight is 295 g/mol. The molecule has 3 N–H and O–H groups in total. The summed E-state index contributed by atoms with van der Waals surface area (Å²) in [7, 11) is 0. The molecule has 1 rings (SSSR count). The van der Waals surface area contributed by atoms with Crippen LogP contribution in [0, 0.1) is 11.8 Å². The van der Waals surface area contributed by atoms with Crippen molar-refractivity contribution in [3.63, 3.8) is 0 Å². The lowest BCUT2D eigenvalue weighted by atomic mass is 10.1. The van der Waals surface area contributed by atoms with Gasteiger partial charge in [0.1, 0.15) is 5.76 Å². The van der Waals surface area contributed by atoms with E-state index in [1.807, 2.05) is 6.07 Å². The number of nitrogens with zero attached hydrogens (tertiary/aromatic N) is 1. The minimum Gasteiger partial charge on any atom is -0.455 e. The highest BCUT2D eigenvalue weighted by Gasteiger charge is 2.13. The maximum Gasteiger partial charge on any atom is 0.300 e. The fraction of sp³-hybridized carbons (Fsp3) is 0.688. The van der Waals surface area contributed by atoms with Gasteiger partial charge in [0.15, 0.2) is 5.76 Å². The van der Waals surface area contributed by atoms with E-state index in [9.17, 15) is 4.79 Å². The predicted molar refractivity (Wildman–Crippen MR) is 84.5 cm³/mol. The van der Waals surface area contributed by atoms with E-state index in [1.54, 1.807) is 6.07 Å². The van der Waals surface area contributed by atoms with Crippen LogP contribution in [0.15, 0.2) is 16.5 Å². The summed E-state index contributed by atoms with van der Waals surface area (Å²) in [6, 6.07) is 3.52. The molecule has 1 amide bonds.